The zero-order valence-electron chi connectivity index (χ0n) is 7.04. The molecule has 0 bridgehead atoms. The van der Waals surface area contributed by atoms with Crippen LogP contribution in [0, 0.1) is 0 Å². The Morgan fingerprint density at radius 2 is 2.00 bits per heavy atom. The van der Waals surface area contributed by atoms with Gasteiger partial charge in [-0.15, -0.1) is 0 Å². The molecule has 0 saturated carbocycles. The molecule has 1 heterocycles. The molecule has 0 radical (unpaired) electrons. The van der Waals surface area contributed by atoms with Crippen LogP contribution in [0.15, 0.2) is 16.8 Å². The zero-order valence-corrected chi connectivity index (χ0v) is 7.85. The van der Waals surface area contributed by atoms with E-state index in [1.54, 1.807) is 0 Å². The molecule has 0 saturated heterocycles. The molecule has 1 aromatic heterocycles. The maximum atomic E-state index is 10.9. The highest BCUT2D eigenvalue weighted by Crippen LogP contribution is 2.03. The second-order valence-corrected chi connectivity index (χ2v) is 2.69. The summed E-state index contributed by atoms with van der Waals surface area (Å²) >= 11 is 0. The van der Waals surface area contributed by atoms with E-state index < -0.39 is 16.5 Å². The van der Waals surface area contributed by atoms with Crippen LogP contribution in [-0.2, 0) is 15.2 Å². The molecule has 0 aliphatic rings. The van der Waals surface area contributed by atoms with Crippen molar-refractivity contribution in [3.8, 4) is 0 Å². The van der Waals surface area contributed by atoms with Gasteiger partial charge in [0.15, 0.2) is 0 Å². The number of hydrogen-bond acceptors (Lipinski definition) is 7. The van der Waals surface area contributed by atoms with Crippen molar-refractivity contribution < 1.29 is 17.9 Å². The Bertz CT molecular complexity index is 456. The molecule has 1 rings (SSSR count). The first kappa shape index (κ1) is 10.3. The maximum absolute atomic E-state index is 10.9. The number of rotatable bonds is 2. The van der Waals surface area contributed by atoms with Gasteiger partial charge in [-0.05, 0) is 0 Å². The van der Waals surface area contributed by atoms with E-state index in [0.717, 1.165) is 12.4 Å². The molecule has 0 amide bonds. The van der Waals surface area contributed by atoms with E-state index in [1.165, 1.54) is 7.11 Å². The molecule has 7 nitrogen and oxygen atoms in total. The monoisotopic (exact) mass is 215 g/mol. The summed E-state index contributed by atoms with van der Waals surface area (Å²) in [6.45, 7) is 0. The van der Waals surface area contributed by atoms with Crippen LogP contribution < -0.4 is 0 Å². The molecule has 0 atom stereocenters. The predicted molar refractivity (Wildman–Crippen MR) is 44.4 cm³/mol. The maximum Gasteiger partial charge on any atom is 0.341 e. The van der Waals surface area contributed by atoms with Crippen LogP contribution in [0.1, 0.15) is 10.4 Å². The third-order valence-electron chi connectivity index (χ3n) is 1.22. The minimum Gasteiger partial charge on any atom is -0.465 e. The van der Waals surface area contributed by atoms with Crippen molar-refractivity contribution in [1.29, 1.82) is 0 Å². The first-order valence-electron chi connectivity index (χ1n) is 3.35. The van der Waals surface area contributed by atoms with E-state index in [2.05, 4.69) is 19.1 Å². The average Bonchev–Trinajstić information content (AvgIpc) is 2.17. The summed E-state index contributed by atoms with van der Waals surface area (Å²) in [6.07, 6.45) is 2.26. The molecule has 0 N–H and O–H groups in total. The zero-order chi connectivity index (χ0) is 10.6. The Labute approximate surface area is 80.5 Å². The van der Waals surface area contributed by atoms with E-state index in [9.17, 15) is 13.2 Å². The van der Waals surface area contributed by atoms with Gasteiger partial charge in [-0.3, -0.25) is 0 Å². The van der Waals surface area contributed by atoms with Gasteiger partial charge in [0.1, 0.15) is 0 Å². The lowest BCUT2D eigenvalue weighted by molar-refractivity contribution is 0.0600. The van der Waals surface area contributed by atoms with Crippen molar-refractivity contribution in [3.05, 3.63) is 18.0 Å². The van der Waals surface area contributed by atoms with Gasteiger partial charge in [0, 0.05) is 12.4 Å². The van der Waals surface area contributed by atoms with E-state index in [1.807, 2.05) is 0 Å². The molecule has 0 unspecified atom stereocenters. The topological polar surface area (TPSA) is 98.6 Å². The molecule has 14 heavy (non-hydrogen) atoms. The summed E-state index contributed by atoms with van der Waals surface area (Å²) in [5.74, 6) is -0.828. The lowest BCUT2D eigenvalue weighted by Crippen LogP contribution is -2.02. The number of methoxy groups -OCH3 is 1. The standard InChI is InChI=1S/C6H5N3O4S/c1-13-5(10)4-2-7-6(8-3-4)9-14(11)12/h2-3H,1H3. The van der Waals surface area contributed by atoms with Crippen molar-refractivity contribution in [3.63, 3.8) is 0 Å². The lowest BCUT2D eigenvalue weighted by atomic mass is 10.3. The number of ether oxygens (including phenoxy) is 1. The van der Waals surface area contributed by atoms with Crippen molar-refractivity contribution in [1.82, 2.24) is 9.97 Å². The molecule has 0 fully saturated rings. The Balaban J connectivity index is 3.00. The summed E-state index contributed by atoms with van der Waals surface area (Å²) in [6, 6.07) is 0. The normalized spacial score (nSPS) is 9.21. The highest BCUT2D eigenvalue weighted by molar-refractivity contribution is 7.61. The smallest absolute Gasteiger partial charge is 0.341 e. The molecule has 8 heteroatoms. The quantitative estimate of drug-likeness (QED) is 0.641. The largest absolute Gasteiger partial charge is 0.465 e. The number of nitrogens with zero attached hydrogens (tertiary/aromatic N) is 3. The number of aromatic nitrogens is 2. The van der Waals surface area contributed by atoms with E-state index >= 15 is 0 Å². The van der Waals surface area contributed by atoms with Gasteiger partial charge in [0.2, 0.25) is 0 Å². The van der Waals surface area contributed by atoms with Crippen LogP contribution >= 0.6 is 0 Å². The number of carbonyl (C=O) groups is 1. The van der Waals surface area contributed by atoms with E-state index in [0.29, 0.717) is 0 Å². The Morgan fingerprint density at radius 3 is 2.43 bits per heavy atom. The molecule has 1 aromatic rings. The summed E-state index contributed by atoms with van der Waals surface area (Å²) < 4.78 is 27.6. The fourth-order valence-corrected chi connectivity index (χ4v) is 0.886. The van der Waals surface area contributed by atoms with Crippen molar-refractivity contribution >= 4 is 22.4 Å². The van der Waals surface area contributed by atoms with Crippen LogP contribution in [0.3, 0.4) is 0 Å². The van der Waals surface area contributed by atoms with E-state index in [4.69, 9.17) is 0 Å². The highest BCUT2D eigenvalue weighted by Gasteiger charge is 2.05. The first-order chi connectivity index (χ1) is 6.63. The molecule has 0 aromatic carbocycles. The Kier molecular flexibility index (Phi) is 3.24. The van der Waals surface area contributed by atoms with Gasteiger partial charge in [-0.2, -0.15) is 8.42 Å². The van der Waals surface area contributed by atoms with Gasteiger partial charge in [-0.25, -0.2) is 14.8 Å². The average molecular weight is 215 g/mol. The fraction of sp³-hybridized carbons (Fsp3) is 0.167. The summed E-state index contributed by atoms with van der Waals surface area (Å²) in [5, 5.41) is 0. The van der Waals surface area contributed by atoms with Crippen molar-refractivity contribution in [2.75, 3.05) is 7.11 Å². The minimum absolute atomic E-state index is 0.128. The van der Waals surface area contributed by atoms with Crippen LogP contribution in [0.25, 0.3) is 0 Å². The van der Waals surface area contributed by atoms with Gasteiger partial charge in [-0.1, -0.05) is 4.36 Å². The highest BCUT2D eigenvalue weighted by atomic mass is 32.2. The predicted octanol–water partition coefficient (Wildman–Crippen LogP) is -0.0426. The molecular formula is C6H5N3O4S. The number of carbonyl (C=O) groups excluding carboxylic acids is 1. The van der Waals surface area contributed by atoms with Gasteiger partial charge in [0.05, 0.1) is 12.7 Å². The van der Waals surface area contributed by atoms with Crippen molar-refractivity contribution in [2.24, 2.45) is 4.36 Å². The van der Waals surface area contributed by atoms with Gasteiger partial charge >= 0.3 is 16.5 Å². The summed E-state index contributed by atoms with van der Waals surface area (Å²) in [5.41, 5.74) is 0.128. The van der Waals surface area contributed by atoms with E-state index in [-0.39, 0.29) is 11.5 Å². The third kappa shape index (κ3) is 2.59. The molecule has 0 aliphatic carbocycles. The Morgan fingerprint density at radius 1 is 1.43 bits per heavy atom. The van der Waals surface area contributed by atoms with Crippen LogP contribution in [0.2, 0.25) is 0 Å². The fourth-order valence-electron chi connectivity index (χ4n) is 0.658. The molecule has 0 spiro atoms. The summed E-state index contributed by atoms with van der Waals surface area (Å²) in [4.78, 5) is 17.9. The number of esters is 1. The van der Waals surface area contributed by atoms with Crippen molar-refractivity contribution in [2.45, 2.75) is 0 Å². The SMILES string of the molecule is COC(=O)c1cnc(N=S(=O)=O)nc1. The second-order valence-electron chi connectivity index (χ2n) is 2.07. The molecular weight excluding hydrogens is 210 g/mol. The van der Waals surface area contributed by atoms with Crippen LogP contribution in [-0.4, -0.2) is 31.5 Å². The van der Waals surface area contributed by atoms with Gasteiger partial charge in [0.25, 0.3) is 5.95 Å². The minimum atomic E-state index is -2.60. The first-order valence-corrected chi connectivity index (χ1v) is 4.38. The third-order valence-corrected chi connectivity index (χ3v) is 1.53. The van der Waals surface area contributed by atoms with Gasteiger partial charge < -0.3 is 4.74 Å². The Hall–Kier alpha value is -1.83. The number of hydrogen-bond donors (Lipinski definition) is 0. The van der Waals surface area contributed by atoms with Crippen LogP contribution in [0.4, 0.5) is 5.95 Å². The molecule has 0 aliphatic heterocycles. The van der Waals surface area contributed by atoms with Crippen LogP contribution in [0.5, 0.6) is 0 Å². The summed E-state index contributed by atoms with van der Waals surface area (Å²) in [7, 11) is -1.39. The lowest BCUT2D eigenvalue weighted by Gasteiger charge is -1.96. The second kappa shape index (κ2) is 4.42. The molecule has 74 valence electrons.